The fraction of sp³-hybridized carbons (Fsp3) is 0.636. The Labute approximate surface area is 79.2 Å². The molecule has 13 heavy (non-hydrogen) atoms. The largest absolute Gasteiger partial charge is 0.465 e. The molecule has 0 amide bonds. The van der Waals surface area contributed by atoms with Crippen LogP contribution >= 0.6 is 0 Å². The highest BCUT2D eigenvalue weighted by atomic mass is 16.7. The zero-order valence-corrected chi connectivity index (χ0v) is 8.08. The predicted molar refractivity (Wildman–Crippen MR) is 51.1 cm³/mol. The summed E-state index contributed by atoms with van der Waals surface area (Å²) in [6.07, 6.45) is 9.83. The van der Waals surface area contributed by atoms with Gasteiger partial charge in [0.05, 0.1) is 0 Å². The van der Waals surface area contributed by atoms with Crippen LogP contribution in [0.3, 0.4) is 0 Å². The summed E-state index contributed by atoms with van der Waals surface area (Å²) in [4.78, 5) is 0. The second-order valence-corrected chi connectivity index (χ2v) is 3.90. The standard InChI is InChI=1S/C11H16O2/c1-2-10-12-8-11(9-13-10)6-4-3-5-7-11/h2-4H,5-9H2,1H3. The molecular formula is C11H16O2. The summed E-state index contributed by atoms with van der Waals surface area (Å²) in [6.45, 7) is 3.57. The lowest BCUT2D eigenvalue weighted by molar-refractivity contribution is -0.103. The predicted octanol–water partition coefficient (Wildman–Crippen LogP) is 2.62. The molecule has 2 rings (SSSR count). The monoisotopic (exact) mass is 180 g/mol. The third kappa shape index (κ3) is 1.71. The Balaban J connectivity index is 1.99. The summed E-state index contributed by atoms with van der Waals surface area (Å²) in [5, 5.41) is 0. The van der Waals surface area contributed by atoms with E-state index in [1.807, 2.05) is 13.0 Å². The fourth-order valence-electron chi connectivity index (χ4n) is 1.90. The molecule has 1 aliphatic heterocycles. The molecule has 0 radical (unpaired) electrons. The smallest absolute Gasteiger partial charge is 0.274 e. The Morgan fingerprint density at radius 3 is 2.62 bits per heavy atom. The normalized spacial score (nSPS) is 32.5. The first-order valence-corrected chi connectivity index (χ1v) is 4.92. The van der Waals surface area contributed by atoms with Gasteiger partial charge in [0.25, 0.3) is 5.95 Å². The van der Waals surface area contributed by atoms with Crippen LogP contribution in [0.5, 0.6) is 0 Å². The summed E-state index contributed by atoms with van der Waals surface area (Å²) >= 11 is 0. The molecule has 0 unspecified atom stereocenters. The van der Waals surface area contributed by atoms with Crippen molar-refractivity contribution < 1.29 is 9.47 Å². The van der Waals surface area contributed by atoms with Crippen molar-refractivity contribution in [1.82, 2.24) is 0 Å². The Bertz CT molecular complexity index is 230. The molecule has 2 heteroatoms. The van der Waals surface area contributed by atoms with Gasteiger partial charge in [-0.05, 0) is 32.3 Å². The van der Waals surface area contributed by atoms with E-state index in [2.05, 4.69) is 12.2 Å². The Morgan fingerprint density at radius 2 is 2.08 bits per heavy atom. The van der Waals surface area contributed by atoms with Gasteiger partial charge in [-0.2, -0.15) is 0 Å². The minimum atomic E-state index is 0.265. The van der Waals surface area contributed by atoms with Crippen LogP contribution < -0.4 is 0 Å². The number of allylic oxidation sites excluding steroid dienone is 3. The van der Waals surface area contributed by atoms with E-state index in [-0.39, 0.29) is 5.41 Å². The van der Waals surface area contributed by atoms with Crippen LogP contribution in [0, 0.1) is 5.41 Å². The molecule has 1 aliphatic carbocycles. The van der Waals surface area contributed by atoms with Gasteiger partial charge in [0.1, 0.15) is 13.2 Å². The van der Waals surface area contributed by atoms with E-state index in [0.29, 0.717) is 5.95 Å². The number of ether oxygens (including phenoxy) is 2. The molecule has 0 atom stereocenters. The fourth-order valence-corrected chi connectivity index (χ4v) is 1.90. The average molecular weight is 180 g/mol. The van der Waals surface area contributed by atoms with Gasteiger partial charge in [-0.3, -0.25) is 0 Å². The van der Waals surface area contributed by atoms with Crippen LogP contribution in [0.1, 0.15) is 26.2 Å². The number of hydrogen-bond acceptors (Lipinski definition) is 2. The van der Waals surface area contributed by atoms with Crippen molar-refractivity contribution >= 4 is 0 Å². The molecule has 0 aromatic rings. The molecule has 1 fully saturated rings. The van der Waals surface area contributed by atoms with Crippen molar-refractivity contribution in [3.05, 3.63) is 24.2 Å². The maximum atomic E-state index is 5.53. The number of rotatable bonds is 0. The Morgan fingerprint density at radius 1 is 1.31 bits per heavy atom. The summed E-state index contributed by atoms with van der Waals surface area (Å²) in [5.74, 6) is 0.695. The first-order valence-electron chi connectivity index (χ1n) is 4.92. The van der Waals surface area contributed by atoms with E-state index in [1.165, 1.54) is 6.42 Å². The molecule has 72 valence electrons. The van der Waals surface area contributed by atoms with Crippen molar-refractivity contribution in [2.45, 2.75) is 26.2 Å². The highest BCUT2D eigenvalue weighted by molar-refractivity contribution is 5.00. The van der Waals surface area contributed by atoms with Crippen LogP contribution in [0.2, 0.25) is 0 Å². The van der Waals surface area contributed by atoms with Crippen molar-refractivity contribution in [1.29, 1.82) is 0 Å². The van der Waals surface area contributed by atoms with Gasteiger partial charge in [-0.25, -0.2) is 0 Å². The zero-order valence-electron chi connectivity index (χ0n) is 8.08. The molecule has 0 aromatic heterocycles. The molecule has 1 spiro atoms. The molecule has 0 saturated carbocycles. The highest BCUT2D eigenvalue weighted by Crippen LogP contribution is 2.37. The molecule has 0 N–H and O–H groups in total. The minimum Gasteiger partial charge on any atom is -0.465 e. The third-order valence-electron chi connectivity index (χ3n) is 2.84. The third-order valence-corrected chi connectivity index (χ3v) is 2.84. The van der Waals surface area contributed by atoms with Gasteiger partial charge in [0.15, 0.2) is 0 Å². The summed E-state index contributed by atoms with van der Waals surface area (Å²) in [6, 6.07) is 0. The van der Waals surface area contributed by atoms with Gasteiger partial charge in [0, 0.05) is 5.41 Å². The molecule has 2 aliphatic rings. The molecule has 1 heterocycles. The van der Waals surface area contributed by atoms with Crippen LogP contribution in [0.15, 0.2) is 24.2 Å². The summed E-state index contributed by atoms with van der Waals surface area (Å²) in [5.41, 5.74) is 0.265. The average Bonchev–Trinajstić information content (AvgIpc) is 2.20. The van der Waals surface area contributed by atoms with E-state index < -0.39 is 0 Å². The lowest BCUT2D eigenvalue weighted by atomic mass is 9.78. The van der Waals surface area contributed by atoms with Crippen LogP contribution in [-0.4, -0.2) is 13.2 Å². The summed E-state index contributed by atoms with van der Waals surface area (Å²) < 4.78 is 11.1. The lowest BCUT2D eigenvalue weighted by Crippen LogP contribution is -2.37. The molecular weight excluding hydrogens is 164 g/mol. The van der Waals surface area contributed by atoms with E-state index in [9.17, 15) is 0 Å². The second-order valence-electron chi connectivity index (χ2n) is 3.90. The van der Waals surface area contributed by atoms with E-state index >= 15 is 0 Å². The zero-order chi connectivity index (χ0) is 9.15. The van der Waals surface area contributed by atoms with Crippen LogP contribution in [0.25, 0.3) is 0 Å². The Kier molecular flexibility index (Phi) is 2.30. The topological polar surface area (TPSA) is 18.5 Å². The first kappa shape index (κ1) is 8.67. The van der Waals surface area contributed by atoms with Gasteiger partial charge in [-0.15, -0.1) is 0 Å². The minimum absolute atomic E-state index is 0.265. The van der Waals surface area contributed by atoms with Crippen molar-refractivity contribution in [2.24, 2.45) is 5.41 Å². The van der Waals surface area contributed by atoms with E-state index in [4.69, 9.17) is 9.47 Å². The van der Waals surface area contributed by atoms with Crippen LogP contribution in [0.4, 0.5) is 0 Å². The van der Waals surface area contributed by atoms with Gasteiger partial charge >= 0.3 is 0 Å². The Hall–Kier alpha value is -0.920. The quantitative estimate of drug-likeness (QED) is 0.533. The van der Waals surface area contributed by atoms with Gasteiger partial charge in [-0.1, -0.05) is 12.2 Å². The van der Waals surface area contributed by atoms with Crippen molar-refractivity contribution in [2.75, 3.05) is 13.2 Å². The van der Waals surface area contributed by atoms with Crippen LogP contribution in [-0.2, 0) is 9.47 Å². The van der Waals surface area contributed by atoms with E-state index in [0.717, 1.165) is 26.1 Å². The van der Waals surface area contributed by atoms with Gasteiger partial charge in [0.2, 0.25) is 0 Å². The first-order chi connectivity index (χ1) is 6.35. The SMILES string of the molecule is CC=C1OCC2(CC=CCC2)CO1. The van der Waals surface area contributed by atoms with Crippen molar-refractivity contribution in [3.63, 3.8) is 0 Å². The second kappa shape index (κ2) is 3.44. The maximum absolute atomic E-state index is 5.53. The number of hydrogen-bond donors (Lipinski definition) is 0. The lowest BCUT2D eigenvalue weighted by Gasteiger charge is -2.38. The van der Waals surface area contributed by atoms with E-state index in [1.54, 1.807) is 0 Å². The molecule has 0 bridgehead atoms. The molecule has 1 saturated heterocycles. The van der Waals surface area contributed by atoms with Crippen molar-refractivity contribution in [3.8, 4) is 0 Å². The maximum Gasteiger partial charge on any atom is 0.274 e. The summed E-state index contributed by atoms with van der Waals surface area (Å²) in [7, 11) is 0. The molecule has 0 aromatic carbocycles. The highest BCUT2D eigenvalue weighted by Gasteiger charge is 2.35. The van der Waals surface area contributed by atoms with Gasteiger partial charge < -0.3 is 9.47 Å². The molecule has 2 nitrogen and oxygen atoms in total.